The van der Waals surface area contributed by atoms with Gasteiger partial charge in [0, 0.05) is 0 Å². The highest BCUT2D eigenvalue weighted by Gasteiger charge is 2.17. The van der Waals surface area contributed by atoms with E-state index in [-0.39, 0.29) is 13.2 Å². The molecular weight excluding hydrogens is 196 g/mol. The summed E-state index contributed by atoms with van der Waals surface area (Å²) in [7, 11) is 0. The zero-order chi connectivity index (χ0) is 11.1. The number of aliphatic hydroxyl groups excluding tert-OH is 2. The average molecular weight is 208 g/mol. The molecule has 80 valence electrons. The number of carbonyl (C=O) groups is 1. The van der Waals surface area contributed by atoms with Crippen molar-refractivity contribution in [2.75, 3.05) is 13.2 Å². The molecule has 1 aliphatic rings. The number of rotatable bonds is 4. The van der Waals surface area contributed by atoms with Gasteiger partial charge in [0.1, 0.15) is 5.76 Å². The second-order valence-electron chi connectivity index (χ2n) is 2.75. The molecule has 0 aromatic rings. The van der Waals surface area contributed by atoms with Crippen LogP contribution in [0.2, 0.25) is 0 Å². The van der Waals surface area contributed by atoms with Gasteiger partial charge in [-0.1, -0.05) is 18.2 Å². The fourth-order valence-corrected chi connectivity index (χ4v) is 1.01. The van der Waals surface area contributed by atoms with Gasteiger partial charge in [0.05, 0.1) is 18.8 Å². The van der Waals surface area contributed by atoms with E-state index in [0.717, 1.165) is 0 Å². The Hall–Kier alpha value is -1.65. The number of ether oxygens (including phenoxy) is 1. The highest BCUT2D eigenvalue weighted by molar-refractivity contribution is 5.95. The van der Waals surface area contributed by atoms with Crippen molar-refractivity contribution in [3.63, 3.8) is 0 Å². The summed E-state index contributed by atoms with van der Waals surface area (Å²) in [6.07, 6.45) is 9.22. The lowest BCUT2D eigenvalue weighted by molar-refractivity contribution is -0.132. The largest absolute Gasteiger partial charge is 0.423 e. The highest BCUT2D eigenvalue weighted by Crippen LogP contribution is 2.17. The third-order valence-electron chi connectivity index (χ3n) is 1.65. The summed E-state index contributed by atoms with van der Waals surface area (Å²) in [5.74, 6) is -0.0226. The zero-order valence-electron chi connectivity index (χ0n) is 8.09. The van der Waals surface area contributed by atoms with Crippen LogP contribution in [0.1, 0.15) is 0 Å². The van der Waals surface area contributed by atoms with Crippen LogP contribution in [0.3, 0.4) is 0 Å². The van der Waals surface area contributed by atoms with E-state index in [4.69, 9.17) is 14.9 Å². The number of hydrogen-bond donors (Lipinski definition) is 2. The van der Waals surface area contributed by atoms with Gasteiger partial charge in [-0.05, 0) is 18.2 Å². The molecule has 0 saturated carbocycles. The molecule has 0 spiro atoms. The lowest BCUT2D eigenvalue weighted by Gasteiger charge is -1.92. The first-order chi connectivity index (χ1) is 7.27. The average Bonchev–Trinajstić information content (AvgIpc) is 2.57. The summed E-state index contributed by atoms with van der Waals surface area (Å²) >= 11 is 0. The number of aliphatic hydroxyl groups is 2. The number of hydrogen-bond acceptors (Lipinski definition) is 4. The van der Waals surface area contributed by atoms with Crippen LogP contribution in [0.4, 0.5) is 0 Å². The molecule has 4 nitrogen and oxygen atoms in total. The normalized spacial score (nSPS) is 19.2. The van der Waals surface area contributed by atoms with E-state index in [1.54, 1.807) is 18.2 Å². The second kappa shape index (κ2) is 5.95. The van der Waals surface area contributed by atoms with Crippen molar-refractivity contribution in [3.8, 4) is 0 Å². The van der Waals surface area contributed by atoms with E-state index < -0.39 is 5.97 Å². The Balaban J connectivity index is 2.70. The minimum Gasteiger partial charge on any atom is -0.423 e. The van der Waals surface area contributed by atoms with E-state index in [1.807, 2.05) is 0 Å². The molecule has 1 rings (SSSR count). The predicted molar refractivity (Wildman–Crippen MR) is 54.7 cm³/mol. The molecule has 0 bridgehead atoms. The summed E-state index contributed by atoms with van der Waals surface area (Å²) in [5, 5.41) is 17.0. The number of allylic oxidation sites excluding steroid dienone is 3. The van der Waals surface area contributed by atoms with Crippen LogP contribution in [0.5, 0.6) is 0 Å². The van der Waals surface area contributed by atoms with Crippen LogP contribution in [0.15, 0.2) is 47.8 Å². The third-order valence-corrected chi connectivity index (χ3v) is 1.65. The lowest BCUT2D eigenvalue weighted by Crippen LogP contribution is -1.96. The first-order valence-corrected chi connectivity index (χ1v) is 4.47. The van der Waals surface area contributed by atoms with Gasteiger partial charge in [-0.15, -0.1) is 0 Å². The summed E-state index contributed by atoms with van der Waals surface area (Å²) in [6, 6.07) is 0. The van der Waals surface area contributed by atoms with Crippen LogP contribution in [-0.2, 0) is 9.53 Å². The van der Waals surface area contributed by atoms with Gasteiger partial charge in [0.25, 0.3) is 0 Å². The SMILES string of the molecule is O=C1OC(=CC=CCO)C=C1C=CCO. The molecule has 0 atom stereocenters. The summed E-state index contributed by atoms with van der Waals surface area (Å²) < 4.78 is 4.88. The fourth-order valence-electron chi connectivity index (χ4n) is 1.01. The predicted octanol–water partition coefficient (Wildman–Crippen LogP) is 0.450. The van der Waals surface area contributed by atoms with Gasteiger partial charge in [0.2, 0.25) is 0 Å². The first kappa shape index (κ1) is 11.4. The van der Waals surface area contributed by atoms with Crippen LogP contribution in [-0.4, -0.2) is 29.4 Å². The second-order valence-corrected chi connectivity index (χ2v) is 2.75. The van der Waals surface area contributed by atoms with Crippen molar-refractivity contribution in [3.05, 3.63) is 47.8 Å². The van der Waals surface area contributed by atoms with Gasteiger partial charge < -0.3 is 14.9 Å². The minimum atomic E-state index is -0.441. The van der Waals surface area contributed by atoms with Crippen LogP contribution < -0.4 is 0 Å². The fraction of sp³-hybridized carbons (Fsp3) is 0.182. The maximum atomic E-state index is 11.2. The first-order valence-electron chi connectivity index (χ1n) is 4.47. The molecule has 2 N–H and O–H groups in total. The summed E-state index contributed by atoms with van der Waals surface area (Å²) in [4.78, 5) is 11.2. The molecular formula is C11H12O4. The Morgan fingerprint density at radius 3 is 2.67 bits per heavy atom. The van der Waals surface area contributed by atoms with Crippen LogP contribution in [0, 0.1) is 0 Å². The van der Waals surface area contributed by atoms with Gasteiger partial charge in [-0.3, -0.25) is 0 Å². The Kier molecular flexibility index (Phi) is 4.53. The Labute approximate surface area is 87.5 Å². The molecule has 0 aromatic heterocycles. The van der Waals surface area contributed by atoms with Gasteiger partial charge >= 0.3 is 5.97 Å². The van der Waals surface area contributed by atoms with Crippen molar-refractivity contribution in [2.24, 2.45) is 0 Å². The third kappa shape index (κ3) is 3.53. The van der Waals surface area contributed by atoms with E-state index in [2.05, 4.69) is 0 Å². The van der Waals surface area contributed by atoms with E-state index >= 15 is 0 Å². The standard InChI is InChI=1S/C11H12O4/c12-6-2-1-5-10-8-9(4-3-7-13)11(14)15-10/h1-5,8,12-13H,6-7H2. The molecule has 1 aliphatic heterocycles. The quantitative estimate of drug-likeness (QED) is 0.658. The molecule has 0 aromatic carbocycles. The highest BCUT2D eigenvalue weighted by atomic mass is 16.5. The molecule has 0 radical (unpaired) electrons. The van der Waals surface area contributed by atoms with Crippen molar-refractivity contribution in [1.82, 2.24) is 0 Å². The van der Waals surface area contributed by atoms with Crippen molar-refractivity contribution >= 4 is 5.97 Å². The Morgan fingerprint density at radius 2 is 2.00 bits per heavy atom. The monoisotopic (exact) mass is 208 g/mol. The summed E-state index contributed by atoms with van der Waals surface area (Å²) in [5.41, 5.74) is 0.396. The molecule has 0 fully saturated rings. The number of carbonyl (C=O) groups excluding carboxylic acids is 1. The molecule has 0 aliphatic carbocycles. The van der Waals surface area contributed by atoms with Crippen LogP contribution >= 0.6 is 0 Å². The molecule has 0 unspecified atom stereocenters. The molecule has 0 saturated heterocycles. The van der Waals surface area contributed by atoms with Gasteiger partial charge in [-0.25, -0.2) is 4.79 Å². The molecule has 0 amide bonds. The van der Waals surface area contributed by atoms with E-state index in [1.165, 1.54) is 18.2 Å². The lowest BCUT2D eigenvalue weighted by atomic mass is 10.2. The molecule has 4 heteroatoms. The maximum Gasteiger partial charge on any atom is 0.343 e. The van der Waals surface area contributed by atoms with Crippen molar-refractivity contribution in [1.29, 1.82) is 0 Å². The van der Waals surface area contributed by atoms with Crippen LogP contribution in [0.25, 0.3) is 0 Å². The molecule has 15 heavy (non-hydrogen) atoms. The molecule has 1 heterocycles. The van der Waals surface area contributed by atoms with Crippen molar-refractivity contribution < 1.29 is 19.7 Å². The maximum absolute atomic E-state index is 11.2. The van der Waals surface area contributed by atoms with E-state index in [9.17, 15) is 4.79 Å². The van der Waals surface area contributed by atoms with E-state index in [0.29, 0.717) is 11.3 Å². The van der Waals surface area contributed by atoms with Gasteiger partial charge in [0.15, 0.2) is 0 Å². The smallest absolute Gasteiger partial charge is 0.343 e. The topological polar surface area (TPSA) is 66.8 Å². The summed E-state index contributed by atoms with van der Waals surface area (Å²) in [6.45, 7) is -0.174. The number of cyclic esters (lactones) is 1. The number of esters is 1. The van der Waals surface area contributed by atoms with Crippen molar-refractivity contribution in [2.45, 2.75) is 0 Å². The minimum absolute atomic E-state index is 0.0568. The zero-order valence-corrected chi connectivity index (χ0v) is 8.09. The Morgan fingerprint density at radius 1 is 1.27 bits per heavy atom. The van der Waals surface area contributed by atoms with Gasteiger partial charge in [-0.2, -0.15) is 0 Å². The Bertz CT molecular complexity index is 348.